The first kappa shape index (κ1) is 18.0. The van der Waals surface area contributed by atoms with Crippen molar-refractivity contribution in [2.75, 3.05) is 43.8 Å². The van der Waals surface area contributed by atoms with Crippen molar-refractivity contribution in [2.45, 2.75) is 13.0 Å². The van der Waals surface area contributed by atoms with E-state index in [9.17, 15) is 13.2 Å². The minimum absolute atomic E-state index is 0.182. The predicted octanol–water partition coefficient (Wildman–Crippen LogP) is 1.27. The number of hydrogen-bond donors (Lipinski definition) is 0. The van der Waals surface area contributed by atoms with E-state index in [1.165, 1.54) is 0 Å². The third kappa shape index (κ3) is 4.37. The first-order valence-electron chi connectivity index (χ1n) is 7.42. The number of amides is 1. The maximum absolute atomic E-state index is 12.7. The number of anilines is 1. The molecule has 1 amide bonds. The molecule has 23 heavy (non-hydrogen) atoms. The molecule has 0 aliphatic carbocycles. The molecule has 0 radical (unpaired) electrons. The SMILES string of the molecule is CC(C(=O)N1CCN(C)CC1)N(c1ccc(Cl)cc1)S(C)(=O)=O. The minimum Gasteiger partial charge on any atom is -0.338 e. The molecule has 128 valence electrons. The van der Waals surface area contributed by atoms with Crippen LogP contribution in [-0.4, -0.2) is 69.6 Å². The van der Waals surface area contributed by atoms with E-state index in [4.69, 9.17) is 11.6 Å². The van der Waals surface area contributed by atoms with Crippen LogP contribution >= 0.6 is 11.6 Å². The molecule has 1 aromatic carbocycles. The summed E-state index contributed by atoms with van der Waals surface area (Å²) in [4.78, 5) is 16.6. The Morgan fingerprint density at radius 1 is 1.17 bits per heavy atom. The molecule has 8 heteroatoms. The standard InChI is InChI=1S/C15H22ClN3O3S/c1-12(15(20)18-10-8-17(2)9-11-18)19(23(3,21)22)14-6-4-13(16)5-7-14/h4-7,12H,8-11H2,1-3H3. The van der Waals surface area contributed by atoms with Gasteiger partial charge < -0.3 is 9.80 Å². The van der Waals surface area contributed by atoms with Crippen molar-refractivity contribution in [2.24, 2.45) is 0 Å². The number of rotatable bonds is 4. The summed E-state index contributed by atoms with van der Waals surface area (Å²) < 4.78 is 25.6. The van der Waals surface area contributed by atoms with Crippen molar-refractivity contribution in [3.05, 3.63) is 29.3 Å². The molecule has 1 aromatic rings. The van der Waals surface area contributed by atoms with Crippen LogP contribution in [-0.2, 0) is 14.8 Å². The Morgan fingerprint density at radius 3 is 2.17 bits per heavy atom. The summed E-state index contributed by atoms with van der Waals surface area (Å²) in [7, 11) is -1.59. The third-order valence-electron chi connectivity index (χ3n) is 3.96. The van der Waals surface area contributed by atoms with Crippen LogP contribution in [0, 0.1) is 0 Å². The van der Waals surface area contributed by atoms with Gasteiger partial charge in [0.25, 0.3) is 0 Å². The van der Waals surface area contributed by atoms with Gasteiger partial charge in [0.1, 0.15) is 6.04 Å². The molecule has 0 spiro atoms. The van der Waals surface area contributed by atoms with E-state index in [0.717, 1.165) is 23.7 Å². The van der Waals surface area contributed by atoms with Crippen molar-refractivity contribution in [1.82, 2.24) is 9.80 Å². The molecule has 1 fully saturated rings. The van der Waals surface area contributed by atoms with Crippen LogP contribution in [0.3, 0.4) is 0 Å². The topological polar surface area (TPSA) is 60.9 Å². The lowest BCUT2D eigenvalue weighted by atomic mass is 10.2. The van der Waals surface area contributed by atoms with Crippen LogP contribution < -0.4 is 4.31 Å². The Morgan fingerprint density at radius 2 is 1.70 bits per heavy atom. The molecule has 1 heterocycles. The lowest BCUT2D eigenvalue weighted by Crippen LogP contribution is -2.54. The van der Waals surface area contributed by atoms with Gasteiger partial charge in [0, 0.05) is 31.2 Å². The summed E-state index contributed by atoms with van der Waals surface area (Å²) in [6, 6.07) is 5.65. The second-order valence-electron chi connectivity index (χ2n) is 5.84. The fourth-order valence-electron chi connectivity index (χ4n) is 2.68. The third-order valence-corrected chi connectivity index (χ3v) is 5.46. The molecule has 1 unspecified atom stereocenters. The van der Waals surface area contributed by atoms with Crippen LogP contribution in [0.1, 0.15) is 6.92 Å². The smallest absolute Gasteiger partial charge is 0.246 e. The summed E-state index contributed by atoms with van der Waals surface area (Å²) in [5.74, 6) is -0.182. The first-order chi connectivity index (χ1) is 10.7. The van der Waals surface area contributed by atoms with E-state index in [-0.39, 0.29) is 5.91 Å². The van der Waals surface area contributed by atoms with Gasteiger partial charge in [-0.05, 0) is 38.2 Å². The number of benzene rings is 1. The Kier molecular flexibility index (Phi) is 5.54. The zero-order chi connectivity index (χ0) is 17.2. The van der Waals surface area contributed by atoms with Crippen molar-refractivity contribution in [1.29, 1.82) is 0 Å². The van der Waals surface area contributed by atoms with Gasteiger partial charge in [0.05, 0.1) is 11.9 Å². The summed E-state index contributed by atoms with van der Waals surface area (Å²) >= 11 is 5.86. The van der Waals surface area contributed by atoms with Gasteiger partial charge >= 0.3 is 0 Å². The van der Waals surface area contributed by atoms with E-state index < -0.39 is 16.1 Å². The molecule has 1 saturated heterocycles. The van der Waals surface area contributed by atoms with E-state index in [1.807, 2.05) is 7.05 Å². The molecule has 0 saturated carbocycles. The highest BCUT2D eigenvalue weighted by molar-refractivity contribution is 7.92. The van der Waals surface area contributed by atoms with Crippen molar-refractivity contribution in [3.8, 4) is 0 Å². The highest BCUT2D eigenvalue weighted by Gasteiger charge is 2.32. The van der Waals surface area contributed by atoms with Gasteiger partial charge in [-0.1, -0.05) is 11.6 Å². The number of piperazine rings is 1. The van der Waals surface area contributed by atoms with E-state index in [2.05, 4.69) is 4.90 Å². The monoisotopic (exact) mass is 359 g/mol. The van der Waals surface area contributed by atoms with Crippen molar-refractivity contribution >= 4 is 33.2 Å². The van der Waals surface area contributed by atoms with Crippen LogP contribution in [0.4, 0.5) is 5.69 Å². The Bertz CT molecular complexity index is 655. The lowest BCUT2D eigenvalue weighted by Gasteiger charge is -2.36. The van der Waals surface area contributed by atoms with Gasteiger partial charge in [0.15, 0.2) is 0 Å². The number of sulfonamides is 1. The predicted molar refractivity (Wildman–Crippen MR) is 92.3 cm³/mol. The molecular weight excluding hydrogens is 338 g/mol. The fourth-order valence-corrected chi connectivity index (χ4v) is 3.98. The Hall–Kier alpha value is -1.31. The normalized spacial score (nSPS) is 17.8. The number of hydrogen-bond acceptors (Lipinski definition) is 4. The zero-order valence-electron chi connectivity index (χ0n) is 13.6. The average Bonchev–Trinajstić information content (AvgIpc) is 2.48. The van der Waals surface area contributed by atoms with Gasteiger partial charge in [-0.3, -0.25) is 9.10 Å². The van der Waals surface area contributed by atoms with E-state index >= 15 is 0 Å². The quantitative estimate of drug-likeness (QED) is 0.812. The second kappa shape index (κ2) is 7.07. The zero-order valence-corrected chi connectivity index (χ0v) is 15.1. The summed E-state index contributed by atoms with van der Waals surface area (Å²) in [6.07, 6.45) is 1.11. The summed E-state index contributed by atoms with van der Waals surface area (Å²) in [5, 5.41) is 0.514. The Labute approximate surface area is 142 Å². The van der Waals surface area contributed by atoms with Crippen LogP contribution in [0.25, 0.3) is 0 Å². The van der Waals surface area contributed by atoms with E-state index in [0.29, 0.717) is 23.8 Å². The molecular formula is C15H22ClN3O3S. The number of carbonyl (C=O) groups is 1. The lowest BCUT2D eigenvalue weighted by molar-refractivity contribution is -0.133. The number of halogens is 1. The maximum atomic E-state index is 12.7. The molecule has 0 N–H and O–H groups in total. The van der Waals surface area contributed by atoms with Gasteiger partial charge in [-0.25, -0.2) is 8.42 Å². The molecule has 6 nitrogen and oxygen atoms in total. The van der Waals surface area contributed by atoms with Gasteiger partial charge in [-0.2, -0.15) is 0 Å². The molecule has 1 atom stereocenters. The van der Waals surface area contributed by atoms with Crippen molar-refractivity contribution in [3.63, 3.8) is 0 Å². The molecule has 1 aliphatic rings. The number of carbonyl (C=O) groups excluding carboxylic acids is 1. The van der Waals surface area contributed by atoms with Crippen molar-refractivity contribution < 1.29 is 13.2 Å². The van der Waals surface area contributed by atoms with Gasteiger partial charge in [0.2, 0.25) is 15.9 Å². The second-order valence-corrected chi connectivity index (χ2v) is 8.14. The van der Waals surface area contributed by atoms with Crippen LogP contribution in [0.15, 0.2) is 24.3 Å². The summed E-state index contributed by atoms with van der Waals surface area (Å²) in [6.45, 7) is 4.42. The Balaban J connectivity index is 2.25. The van der Waals surface area contributed by atoms with Gasteiger partial charge in [-0.15, -0.1) is 0 Å². The van der Waals surface area contributed by atoms with Crippen LogP contribution in [0.5, 0.6) is 0 Å². The minimum atomic E-state index is -3.59. The summed E-state index contributed by atoms with van der Waals surface area (Å²) in [5.41, 5.74) is 0.437. The van der Waals surface area contributed by atoms with E-state index in [1.54, 1.807) is 36.1 Å². The van der Waals surface area contributed by atoms with Crippen LogP contribution in [0.2, 0.25) is 5.02 Å². The molecule has 2 rings (SSSR count). The largest absolute Gasteiger partial charge is 0.338 e. The average molecular weight is 360 g/mol. The highest BCUT2D eigenvalue weighted by atomic mass is 35.5. The highest BCUT2D eigenvalue weighted by Crippen LogP contribution is 2.24. The number of nitrogens with zero attached hydrogens (tertiary/aromatic N) is 3. The fraction of sp³-hybridized carbons (Fsp3) is 0.533. The molecule has 1 aliphatic heterocycles. The molecule has 0 aromatic heterocycles. The maximum Gasteiger partial charge on any atom is 0.246 e. The first-order valence-corrected chi connectivity index (χ1v) is 9.65. The molecule has 0 bridgehead atoms. The number of likely N-dealkylation sites (N-methyl/N-ethyl adjacent to an activating group) is 1.